The molecule has 34 heavy (non-hydrogen) atoms. The normalized spacial score (nSPS) is 16.4. The third-order valence-electron chi connectivity index (χ3n) is 7.90. The standard InChI is InChI=1S/C29H50O4Si/c1-13-14-22(3)29(8,9)27(30)23(4)26(33-34(11,12)28(5,6)7)21(2)19-32-20-24-15-17-25(31-10)18-16-24/h13,15-18,21-23,26H,1,14,19-20H2,2-12H3/t21-,22-,23+,26-/m0/s1. The van der Waals surface area contributed by atoms with Crippen molar-refractivity contribution in [1.82, 2.24) is 0 Å². The van der Waals surface area contributed by atoms with Crippen LogP contribution < -0.4 is 4.74 Å². The Morgan fingerprint density at radius 1 is 1.06 bits per heavy atom. The molecule has 0 saturated carbocycles. The van der Waals surface area contributed by atoms with Crippen molar-refractivity contribution in [3.05, 3.63) is 42.5 Å². The summed E-state index contributed by atoms with van der Waals surface area (Å²) < 4.78 is 18.3. The zero-order valence-corrected chi connectivity index (χ0v) is 24.7. The van der Waals surface area contributed by atoms with Gasteiger partial charge in [0.05, 0.1) is 26.4 Å². The van der Waals surface area contributed by atoms with Crippen molar-refractivity contribution in [3.63, 3.8) is 0 Å². The topological polar surface area (TPSA) is 44.8 Å². The van der Waals surface area contributed by atoms with Crippen molar-refractivity contribution in [2.24, 2.45) is 23.2 Å². The Bertz CT molecular complexity index is 776. The van der Waals surface area contributed by atoms with Gasteiger partial charge in [-0.15, -0.1) is 6.58 Å². The number of hydrogen-bond donors (Lipinski definition) is 0. The van der Waals surface area contributed by atoms with E-state index in [1.165, 1.54) is 0 Å². The summed E-state index contributed by atoms with van der Waals surface area (Å²) in [6.45, 7) is 26.6. The van der Waals surface area contributed by atoms with Crippen molar-refractivity contribution in [3.8, 4) is 5.75 Å². The minimum Gasteiger partial charge on any atom is -0.497 e. The summed E-state index contributed by atoms with van der Waals surface area (Å²) in [5.41, 5.74) is 0.644. The largest absolute Gasteiger partial charge is 0.497 e. The van der Waals surface area contributed by atoms with Crippen LogP contribution in [-0.4, -0.2) is 33.9 Å². The smallest absolute Gasteiger partial charge is 0.192 e. The van der Waals surface area contributed by atoms with E-state index in [0.29, 0.717) is 13.2 Å². The third kappa shape index (κ3) is 8.06. The fraction of sp³-hybridized carbons (Fsp3) is 0.690. The zero-order chi connectivity index (χ0) is 26.3. The second-order valence-corrected chi connectivity index (χ2v) is 16.7. The van der Waals surface area contributed by atoms with Gasteiger partial charge in [0.1, 0.15) is 11.5 Å². The third-order valence-corrected chi connectivity index (χ3v) is 12.4. The molecule has 0 radical (unpaired) electrons. The average Bonchev–Trinajstić information content (AvgIpc) is 2.76. The van der Waals surface area contributed by atoms with E-state index in [1.807, 2.05) is 37.3 Å². The Morgan fingerprint density at radius 3 is 2.09 bits per heavy atom. The second-order valence-electron chi connectivity index (χ2n) is 12.0. The second kappa shape index (κ2) is 12.5. The highest BCUT2D eigenvalue weighted by Crippen LogP contribution is 2.41. The lowest BCUT2D eigenvalue weighted by atomic mass is 9.69. The molecule has 0 aliphatic carbocycles. The number of ether oxygens (including phenoxy) is 2. The van der Waals surface area contributed by atoms with Gasteiger partial charge in [-0.3, -0.25) is 4.79 Å². The molecule has 0 aliphatic rings. The summed E-state index contributed by atoms with van der Waals surface area (Å²) in [5, 5.41) is 0.0589. The zero-order valence-electron chi connectivity index (χ0n) is 23.7. The molecule has 4 atom stereocenters. The Kier molecular flexibility index (Phi) is 11.3. The predicted octanol–water partition coefficient (Wildman–Crippen LogP) is 7.68. The van der Waals surface area contributed by atoms with E-state index in [1.54, 1.807) is 7.11 Å². The van der Waals surface area contributed by atoms with E-state index in [0.717, 1.165) is 17.7 Å². The first-order valence-electron chi connectivity index (χ1n) is 12.6. The van der Waals surface area contributed by atoms with Gasteiger partial charge in [0.15, 0.2) is 8.32 Å². The summed E-state index contributed by atoms with van der Waals surface area (Å²) in [7, 11) is -0.428. The maximum atomic E-state index is 13.8. The number of carbonyl (C=O) groups is 1. The minimum absolute atomic E-state index is 0.0589. The van der Waals surface area contributed by atoms with Gasteiger partial charge in [0.25, 0.3) is 0 Å². The van der Waals surface area contributed by atoms with E-state index in [9.17, 15) is 4.79 Å². The van der Waals surface area contributed by atoms with E-state index in [4.69, 9.17) is 13.9 Å². The Hall–Kier alpha value is -1.43. The molecule has 0 heterocycles. The van der Waals surface area contributed by atoms with Gasteiger partial charge >= 0.3 is 0 Å². The summed E-state index contributed by atoms with van der Waals surface area (Å²) in [4.78, 5) is 13.8. The molecule has 0 saturated heterocycles. The van der Waals surface area contributed by atoms with Crippen LogP contribution in [0.15, 0.2) is 36.9 Å². The molecule has 1 aromatic carbocycles. The van der Waals surface area contributed by atoms with Gasteiger partial charge in [-0.1, -0.05) is 73.6 Å². The molecular formula is C29H50O4Si. The van der Waals surface area contributed by atoms with Crippen LogP contribution in [0.5, 0.6) is 5.75 Å². The van der Waals surface area contributed by atoms with Crippen LogP contribution in [-0.2, 0) is 20.6 Å². The van der Waals surface area contributed by atoms with Crippen LogP contribution in [0.3, 0.4) is 0 Å². The molecule has 0 fully saturated rings. The van der Waals surface area contributed by atoms with E-state index in [-0.39, 0.29) is 34.7 Å². The van der Waals surface area contributed by atoms with Crippen LogP contribution >= 0.6 is 0 Å². The Balaban J connectivity index is 3.06. The lowest BCUT2D eigenvalue weighted by Gasteiger charge is -2.44. The first-order chi connectivity index (χ1) is 15.6. The molecule has 0 aromatic heterocycles. The van der Waals surface area contributed by atoms with Crippen molar-refractivity contribution in [2.45, 2.75) is 92.7 Å². The maximum Gasteiger partial charge on any atom is 0.192 e. The quantitative estimate of drug-likeness (QED) is 0.198. The van der Waals surface area contributed by atoms with Crippen LogP contribution in [0.4, 0.5) is 0 Å². The summed E-state index contributed by atoms with van der Waals surface area (Å²) in [5.74, 6) is 1.16. The predicted molar refractivity (Wildman–Crippen MR) is 146 cm³/mol. The monoisotopic (exact) mass is 490 g/mol. The summed E-state index contributed by atoms with van der Waals surface area (Å²) in [6, 6.07) is 7.92. The molecular weight excluding hydrogens is 440 g/mol. The molecule has 0 bridgehead atoms. The highest BCUT2D eigenvalue weighted by atomic mass is 28.4. The molecule has 0 N–H and O–H groups in total. The minimum atomic E-state index is -2.09. The number of hydrogen-bond acceptors (Lipinski definition) is 4. The van der Waals surface area contributed by atoms with Gasteiger partial charge in [0, 0.05) is 17.3 Å². The highest BCUT2D eigenvalue weighted by molar-refractivity contribution is 6.74. The fourth-order valence-corrected chi connectivity index (χ4v) is 5.40. The molecule has 5 heteroatoms. The van der Waals surface area contributed by atoms with Gasteiger partial charge in [-0.25, -0.2) is 0 Å². The van der Waals surface area contributed by atoms with E-state index in [2.05, 4.69) is 68.1 Å². The van der Waals surface area contributed by atoms with Gasteiger partial charge < -0.3 is 13.9 Å². The lowest BCUT2D eigenvalue weighted by Crippen LogP contribution is -2.51. The van der Waals surface area contributed by atoms with Crippen LogP contribution in [0.2, 0.25) is 18.1 Å². The number of methoxy groups -OCH3 is 1. The lowest BCUT2D eigenvalue weighted by molar-refractivity contribution is -0.138. The first kappa shape index (κ1) is 30.6. The van der Waals surface area contributed by atoms with Gasteiger partial charge in [-0.2, -0.15) is 0 Å². The van der Waals surface area contributed by atoms with Gasteiger partial charge in [0.2, 0.25) is 0 Å². The van der Waals surface area contributed by atoms with E-state index >= 15 is 0 Å². The van der Waals surface area contributed by atoms with Crippen LogP contribution in [0.1, 0.15) is 67.4 Å². The Morgan fingerprint density at radius 2 is 1.62 bits per heavy atom. The number of allylic oxidation sites excluding steroid dienone is 1. The molecule has 0 amide bonds. The number of carbonyl (C=O) groups excluding carboxylic acids is 1. The average molecular weight is 491 g/mol. The number of rotatable bonds is 14. The molecule has 4 nitrogen and oxygen atoms in total. The van der Waals surface area contributed by atoms with Crippen LogP contribution in [0, 0.1) is 23.2 Å². The molecule has 0 spiro atoms. The number of ketones is 1. The molecule has 1 rings (SSSR count). The number of benzene rings is 1. The van der Waals surface area contributed by atoms with E-state index < -0.39 is 13.7 Å². The van der Waals surface area contributed by atoms with Crippen LogP contribution in [0.25, 0.3) is 0 Å². The Labute approximate surface area is 210 Å². The molecule has 0 unspecified atom stereocenters. The van der Waals surface area contributed by atoms with Crippen molar-refractivity contribution in [1.29, 1.82) is 0 Å². The first-order valence-corrected chi connectivity index (χ1v) is 15.5. The van der Waals surface area contributed by atoms with Crippen molar-refractivity contribution < 1.29 is 18.7 Å². The summed E-state index contributed by atoms with van der Waals surface area (Å²) in [6.07, 6.45) is 2.53. The fourth-order valence-electron chi connectivity index (χ4n) is 3.93. The SMILES string of the molecule is C=CC[C@H](C)C(C)(C)C(=O)[C@H](C)[C@@H](O[Si](C)(C)C(C)(C)C)[C@@H](C)COCc1ccc(OC)cc1. The molecule has 1 aromatic rings. The van der Waals surface area contributed by atoms with Gasteiger partial charge in [-0.05, 0) is 48.2 Å². The van der Waals surface area contributed by atoms with Crippen molar-refractivity contribution >= 4 is 14.1 Å². The molecule has 194 valence electrons. The number of Topliss-reactive ketones (excluding diaryl/α,β-unsaturated/α-hetero) is 1. The molecule has 0 aliphatic heterocycles. The maximum absolute atomic E-state index is 13.8. The highest BCUT2D eigenvalue weighted by Gasteiger charge is 2.45. The summed E-state index contributed by atoms with van der Waals surface area (Å²) >= 11 is 0. The van der Waals surface area contributed by atoms with Crippen molar-refractivity contribution in [2.75, 3.05) is 13.7 Å².